The fourth-order valence-corrected chi connectivity index (χ4v) is 9.59. The van der Waals surface area contributed by atoms with Crippen LogP contribution in [-0.4, -0.2) is 79.2 Å². The lowest BCUT2D eigenvalue weighted by molar-refractivity contribution is -0.135. The van der Waals surface area contributed by atoms with Crippen molar-refractivity contribution in [2.24, 2.45) is 17.3 Å². The zero-order valence-corrected chi connectivity index (χ0v) is 34.2. The lowest BCUT2D eigenvalue weighted by Crippen LogP contribution is -2.51. The molecule has 302 valence electrons. The third kappa shape index (κ3) is 7.11. The number of alkyl carbamates (subject to hydrolysis) is 1. The summed E-state index contributed by atoms with van der Waals surface area (Å²) in [6.45, 7) is 10.3. The first kappa shape index (κ1) is 37.9. The second-order valence-corrected chi connectivity index (χ2v) is 18.3. The molecule has 4 heterocycles. The van der Waals surface area contributed by atoms with Gasteiger partial charge in [0.15, 0.2) is 0 Å². The van der Waals surface area contributed by atoms with Crippen molar-refractivity contribution < 1.29 is 23.9 Å². The number of carbonyl (C=O) groups is 3. The molecule has 4 fully saturated rings. The van der Waals surface area contributed by atoms with Crippen LogP contribution in [0.5, 0.6) is 0 Å². The second kappa shape index (κ2) is 14.3. The molecular weight excluding hydrogens is 731 g/mol. The van der Waals surface area contributed by atoms with Gasteiger partial charge >= 0.3 is 12.2 Å². The molecule has 3 aromatic carbocycles. The summed E-state index contributed by atoms with van der Waals surface area (Å²) in [5.74, 6) is 1.78. The van der Waals surface area contributed by atoms with E-state index in [1.165, 1.54) is 7.11 Å². The average Bonchev–Trinajstić information content (AvgIpc) is 3.83. The first-order valence-electron chi connectivity index (χ1n) is 20.7. The molecule has 5 aromatic rings. The number of rotatable bonds is 8. The number of amides is 3. The first-order valence-corrected chi connectivity index (χ1v) is 20.7. The summed E-state index contributed by atoms with van der Waals surface area (Å²) in [7, 11) is 1.31. The standard InChI is InChI=1S/C46H53N7O5/c1-26(2)38(51-43(55)57-6)42(54)52-25-46(17-18-46)22-37(52)40-47-23-35(49-40)28-9-7-27(8-10-28)29-11-12-31-20-32(14-13-30(31)19-29)36-24-48-41(50-36)39-33-15-16-34(21-33)53(39)44(56)58-45(3,4)5/h7-14,19-20,23-24,26,33-34,37-39H,15-18,21-22,25H2,1-6H3,(H,47,49)(H,48,50)(H,51,55)/t33-,34+,37-,38-,39-/m0/s1. The van der Waals surface area contributed by atoms with Gasteiger partial charge < -0.3 is 29.7 Å². The highest BCUT2D eigenvalue weighted by Crippen LogP contribution is 2.58. The summed E-state index contributed by atoms with van der Waals surface area (Å²) in [4.78, 5) is 59.8. The number of aromatic nitrogens is 4. The minimum atomic E-state index is -0.677. The summed E-state index contributed by atoms with van der Waals surface area (Å²) in [6.07, 6.45) is 9.02. The Hall–Kier alpha value is -5.65. The van der Waals surface area contributed by atoms with Crippen LogP contribution in [0.2, 0.25) is 0 Å². The van der Waals surface area contributed by atoms with Gasteiger partial charge in [0, 0.05) is 18.2 Å². The van der Waals surface area contributed by atoms with Crippen LogP contribution in [0, 0.1) is 17.3 Å². The van der Waals surface area contributed by atoms with Crippen molar-refractivity contribution in [1.82, 2.24) is 35.1 Å². The molecule has 12 heteroatoms. The van der Waals surface area contributed by atoms with Gasteiger partial charge in [0.1, 0.15) is 23.3 Å². The molecule has 2 aromatic heterocycles. The van der Waals surface area contributed by atoms with E-state index in [2.05, 4.69) is 75.9 Å². The number of likely N-dealkylation sites (tertiary alicyclic amines) is 2. The van der Waals surface area contributed by atoms with Crippen molar-refractivity contribution in [2.75, 3.05) is 13.7 Å². The van der Waals surface area contributed by atoms with Gasteiger partial charge in [-0.3, -0.25) is 9.69 Å². The third-order valence-electron chi connectivity index (χ3n) is 12.8. The number of ether oxygens (including phenoxy) is 2. The van der Waals surface area contributed by atoms with E-state index in [4.69, 9.17) is 19.4 Å². The van der Waals surface area contributed by atoms with Gasteiger partial charge in [-0.15, -0.1) is 0 Å². The number of fused-ring (bicyclic) bond motifs is 3. The van der Waals surface area contributed by atoms with Crippen LogP contribution in [0.4, 0.5) is 9.59 Å². The fraction of sp³-hybridized carbons (Fsp3) is 0.457. The van der Waals surface area contributed by atoms with Crippen LogP contribution in [-0.2, 0) is 14.3 Å². The summed E-state index contributed by atoms with van der Waals surface area (Å²) >= 11 is 0. The van der Waals surface area contributed by atoms with Crippen LogP contribution in [0.25, 0.3) is 44.4 Å². The number of nitrogens with one attached hydrogen (secondary N) is 3. The Morgan fingerprint density at radius 2 is 1.47 bits per heavy atom. The van der Waals surface area contributed by atoms with Crippen molar-refractivity contribution in [3.8, 4) is 33.6 Å². The molecule has 2 aliphatic carbocycles. The highest BCUT2D eigenvalue weighted by Gasteiger charge is 2.55. The molecule has 4 aliphatic rings. The molecule has 1 spiro atoms. The Kier molecular flexibility index (Phi) is 9.36. The number of H-pyrrole nitrogens is 2. The van der Waals surface area contributed by atoms with E-state index in [1.807, 2.05) is 56.8 Å². The maximum absolute atomic E-state index is 13.9. The molecule has 5 atom stereocenters. The van der Waals surface area contributed by atoms with Crippen molar-refractivity contribution in [3.05, 3.63) is 84.7 Å². The number of aromatic amines is 2. The van der Waals surface area contributed by atoms with Gasteiger partial charge in [0.25, 0.3) is 0 Å². The largest absolute Gasteiger partial charge is 0.453 e. The Labute approximate surface area is 339 Å². The monoisotopic (exact) mass is 783 g/mol. The number of benzene rings is 3. The number of hydrogen-bond donors (Lipinski definition) is 3. The highest BCUT2D eigenvalue weighted by molar-refractivity contribution is 5.91. The Morgan fingerprint density at radius 1 is 0.845 bits per heavy atom. The molecular formula is C46H53N7O5. The summed E-state index contributed by atoms with van der Waals surface area (Å²) in [5.41, 5.74) is 5.69. The molecule has 9 rings (SSSR count). The zero-order chi connectivity index (χ0) is 40.5. The summed E-state index contributed by atoms with van der Waals surface area (Å²) < 4.78 is 10.6. The smallest absolute Gasteiger partial charge is 0.411 e. The van der Waals surface area contributed by atoms with Crippen LogP contribution in [0.3, 0.4) is 0 Å². The van der Waals surface area contributed by atoms with Gasteiger partial charge in [-0.25, -0.2) is 19.6 Å². The quantitative estimate of drug-likeness (QED) is 0.142. The minimum absolute atomic E-state index is 0.0951. The Balaban J connectivity index is 0.896. The normalized spacial score (nSPS) is 22.5. The fourth-order valence-electron chi connectivity index (χ4n) is 9.59. The summed E-state index contributed by atoms with van der Waals surface area (Å²) in [5, 5.41) is 5.02. The van der Waals surface area contributed by atoms with Gasteiger partial charge in [-0.05, 0) is 116 Å². The van der Waals surface area contributed by atoms with E-state index < -0.39 is 17.7 Å². The first-order chi connectivity index (χ1) is 27.8. The molecule has 2 aliphatic heterocycles. The molecule has 2 saturated heterocycles. The van der Waals surface area contributed by atoms with Gasteiger partial charge in [0.05, 0.1) is 43.0 Å². The Morgan fingerprint density at radius 3 is 2.14 bits per heavy atom. The molecule has 3 N–H and O–H groups in total. The van der Waals surface area contributed by atoms with Crippen LogP contribution in [0.15, 0.2) is 73.1 Å². The lowest BCUT2D eigenvalue weighted by Gasteiger charge is -2.35. The third-order valence-corrected chi connectivity index (χ3v) is 12.8. The highest BCUT2D eigenvalue weighted by atomic mass is 16.6. The van der Waals surface area contributed by atoms with E-state index >= 15 is 0 Å². The molecule has 0 unspecified atom stereocenters. The SMILES string of the molecule is COC(=O)N[C@H](C(=O)N1CC2(CC2)C[C@H]1c1ncc(-c2ccc(-c3ccc4cc(-c5cnc([C@@H]6[C@H]7CC[C@H](C7)N6C(=O)OC(C)(C)C)[nH]5)ccc4c3)cc2)[nH]1)C(C)C. The molecule has 2 bridgehead atoms. The van der Waals surface area contributed by atoms with Crippen LogP contribution >= 0.6 is 0 Å². The summed E-state index contributed by atoms with van der Waals surface area (Å²) in [6, 6.07) is 20.7. The second-order valence-electron chi connectivity index (χ2n) is 18.3. The number of nitrogens with zero attached hydrogens (tertiary/aromatic N) is 4. The topological polar surface area (TPSA) is 146 Å². The number of imidazole rings is 2. The van der Waals surface area contributed by atoms with Gasteiger partial charge in [0.2, 0.25) is 5.91 Å². The van der Waals surface area contributed by atoms with E-state index in [0.29, 0.717) is 12.5 Å². The van der Waals surface area contributed by atoms with E-state index in [-0.39, 0.29) is 41.5 Å². The minimum Gasteiger partial charge on any atom is -0.453 e. The number of piperidine rings is 1. The van der Waals surface area contributed by atoms with Gasteiger partial charge in [-0.1, -0.05) is 62.4 Å². The van der Waals surface area contributed by atoms with Gasteiger partial charge in [-0.2, -0.15) is 0 Å². The van der Waals surface area contributed by atoms with Crippen molar-refractivity contribution in [2.45, 2.75) is 103 Å². The predicted molar refractivity (Wildman–Crippen MR) is 221 cm³/mol. The van der Waals surface area contributed by atoms with Crippen LogP contribution in [0.1, 0.15) is 96.9 Å². The predicted octanol–water partition coefficient (Wildman–Crippen LogP) is 9.18. The van der Waals surface area contributed by atoms with Crippen LogP contribution < -0.4 is 5.32 Å². The number of hydrogen-bond acceptors (Lipinski definition) is 7. The zero-order valence-electron chi connectivity index (χ0n) is 34.2. The molecule has 58 heavy (non-hydrogen) atoms. The molecule has 2 saturated carbocycles. The van der Waals surface area contributed by atoms with Crippen molar-refractivity contribution >= 4 is 28.9 Å². The number of methoxy groups -OCH3 is 1. The Bertz CT molecular complexity index is 2370. The van der Waals surface area contributed by atoms with Crippen molar-refractivity contribution in [1.29, 1.82) is 0 Å². The maximum Gasteiger partial charge on any atom is 0.411 e. The van der Waals surface area contributed by atoms with E-state index in [0.717, 1.165) is 94.6 Å². The average molecular weight is 784 g/mol. The molecule has 0 radical (unpaired) electrons. The lowest BCUT2D eigenvalue weighted by atomic mass is 9.98. The van der Waals surface area contributed by atoms with E-state index in [1.54, 1.807) is 0 Å². The molecule has 3 amide bonds. The number of carbonyl (C=O) groups excluding carboxylic acids is 3. The molecule has 12 nitrogen and oxygen atoms in total. The van der Waals surface area contributed by atoms with E-state index in [9.17, 15) is 14.4 Å². The van der Waals surface area contributed by atoms with Crippen molar-refractivity contribution in [3.63, 3.8) is 0 Å². The maximum atomic E-state index is 13.9.